The van der Waals surface area contributed by atoms with E-state index in [9.17, 15) is 4.79 Å². The summed E-state index contributed by atoms with van der Waals surface area (Å²) < 4.78 is 1.01. The molecule has 5 heteroatoms. The third-order valence-corrected chi connectivity index (χ3v) is 4.24. The first-order valence-corrected chi connectivity index (χ1v) is 7.11. The van der Waals surface area contributed by atoms with Crippen LogP contribution in [0.4, 0.5) is 5.82 Å². The summed E-state index contributed by atoms with van der Waals surface area (Å²) >= 11 is 3.44. The predicted molar refractivity (Wildman–Crippen MR) is 73.6 cm³/mol. The Morgan fingerprint density at radius 2 is 2.28 bits per heavy atom. The van der Waals surface area contributed by atoms with Gasteiger partial charge >= 0.3 is 0 Å². The van der Waals surface area contributed by atoms with E-state index in [0.29, 0.717) is 18.4 Å². The second kappa shape index (κ2) is 4.53. The van der Waals surface area contributed by atoms with Crippen LogP contribution in [0, 0.1) is 6.92 Å². The Balaban J connectivity index is 1.80. The number of piperazine rings is 1. The summed E-state index contributed by atoms with van der Waals surface area (Å²) in [7, 11) is 0. The summed E-state index contributed by atoms with van der Waals surface area (Å²) in [6.45, 7) is 4.72. The van der Waals surface area contributed by atoms with Crippen molar-refractivity contribution < 1.29 is 4.79 Å². The van der Waals surface area contributed by atoms with Crippen molar-refractivity contribution in [3.05, 3.63) is 22.3 Å². The molecule has 0 bridgehead atoms. The van der Waals surface area contributed by atoms with Crippen molar-refractivity contribution >= 4 is 27.7 Å². The Labute approximate surface area is 115 Å². The minimum atomic E-state index is 0.320. The van der Waals surface area contributed by atoms with Crippen molar-refractivity contribution in [2.24, 2.45) is 0 Å². The van der Waals surface area contributed by atoms with Gasteiger partial charge in [0.1, 0.15) is 5.82 Å². The average Bonchev–Trinajstić information content (AvgIpc) is 2.71. The van der Waals surface area contributed by atoms with E-state index in [1.54, 1.807) is 0 Å². The Morgan fingerprint density at radius 1 is 1.44 bits per heavy atom. The molecule has 3 rings (SSSR count). The molecular weight excluding hydrogens is 294 g/mol. The van der Waals surface area contributed by atoms with E-state index in [1.165, 1.54) is 5.56 Å². The van der Waals surface area contributed by atoms with Crippen molar-refractivity contribution in [2.75, 3.05) is 24.5 Å². The minimum Gasteiger partial charge on any atom is -0.353 e. The van der Waals surface area contributed by atoms with Gasteiger partial charge in [-0.15, -0.1) is 0 Å². The van der Waals surface area contributed by atoms with E-state index in [2.05, 4.69) is 38.8 Å². The normalized spacial score (nSPS) is 23.4. The van der Waals surface area contributed by atoms with Gasteiger partial charge in [-0.3, -0.25) is 4.79 Å². The molecule has 96 valence electrons. The highest BCUT2D eigenvalue weighted by atomic mass is 79.9. The molecule has 0 N–H and O–H groups in total. The third kappa shape index (κ3) is 2.00. The summed E-state index contributed by atoms with van der Waals surface area (Å²) in [5.74, 6) is 1.37. The van der Waals surface area contributed by atoms with Crippen molar-refractivity contribution in [1.29, 1.82) is 0 Å². The molecule has 2 aliphatic heterocycles. The summed E-state index contributed by atoms with van der Waals surface area (Å²) in [6.07, 6.45) is 3.55. The number of hydrogen-bond donors (Lipinski definition) is 0. The van der Waals surface area contributed by atoms with Crippen molar-refractivity contribution in [3.63, 3.8) is 0 Å². The topological polar surface area (TPSA) is 36.4 Å². The number of nitrogens with zero attached hydrogens (tertiary/aromatic N) is 3. The van der Waals surface area contributed by atoms with Gasteiger partial charge in [0.15, 0.2) is 0 Å². The van der Waals surface area contributed by atoms with Crippen molar-refractivity contribution in [2.45, 2.75) is 25.8 Å². The van der Waals surface area contributed by atoms with Crippen LogP contribution in [-0.2, 0) is 4.79 Å². The molecule has 1 aromatic heterocycles. The number of pyridine rings is 1. The first kappa shape index (κ1) is 12.0. The maximum Gasteiger partial charge on any atom is 0.223 e. The molecule has 1 unspecified atom stereocenters. The van der Waals surface area contributed by atoms with Gasteiger partial charge in [-0.25, -0.2) is 4.98 Å². The van der Waals surface area contributed by atoms with E-state index < -0.39 is 0 Å². The number of amides is 1. The number of anilines is 1. The summed E-state index contributed by atoms with van der Waals surface area (Å²) in [5.41, 5.74) is 1.18. The molecule has 18 heavy (non-hydrogen) atoms. The van der Waals surface area contributed by atoms with E-state index >= 15 is 0 Å². The maximum absolute atomic E-state index is 11.6. The lowest BCUT2D eigenvalue weighted by Crippen LogP contribution is -2.51. The van der Waals surface area contributed by atoms with E-state index in [0.717, 1.165) is 36.3 Å². The lowest BCUT2D eigenvalue weighted by molar-refractivity contribution is -0.129. The van der Waals surface area contributed by atoms with E-state index in [1.807, 2.05) is 11.1 Å². The highest BCUT2D eigenvalue weighted by molar-refractivity contribution is 9.10. The van der Waals surface area contributed by atoms with Crippen LogP contribution in [-0.4, -0.2) is 41.5 Å². The molecule has 3 heterocycles. The van der Waals surface area contributed by atoms with Gasteiger partial charge in [-0.05, 0) is 40.9 Å². The monoisotopic (exact) mass is 309 g/mol. The molecule has 0 aromatic carbocycles. The molecular formula is C13H16BrN3O. The van der Waals surface area contributed by atoms with Gasteiger partial charge in [0, 0.05) is 42.8 Å². The smallest absolute Gasteiger partial charge is 0.223 e. The van der Waals surface area contributed by atoms with Crippen LogP contribution >= 0.6 is 15.9 Å². The van der Waals surface area contributed by atoms with Crippen LogP contribution < -0.4 is 4.90 Å². The van der Waals surface area contributed by atoms with Gasteiger partial charge in [0.2, 0.25) is 5.91 Å². The Bertz CT molecular complexity index is 491. The highest BCUT2D eigenvalue weighted by Crippen LogP contribution is 2.27. The van der Waals surface area contributed by atoms with Gasteiger partial charge in [0.05, 0.1) is 0 Å². The number of halogens is 1. The molecule has 4 nitrogen and oxygen atoms in total. The molecule has 0 radical (unpaired) electrons. The maximum atomic E-state index is 11.6. The van der Waals surface area contributed by atoms with Gasteiger partial charge in [0.25, 0.3) is 0 Å². The molecule has 0 spiro atoms. The fraction of sp³-hybridized carbons (Fsp3) is 0.538. The van der Waals surface area contributed by atoms with Crippen molar-refractivity contribution in [3.8, 4) is 0 Å². The molecule has 0 aliphatic carbocycles. The molecule has 1 aromatic rings. The number of aromatic nitrogens is 1. The standard InChI is InChI=1S/C13H16BrN3O/c1-9-6-10(14)7-15-13(9)16-4-5-17-11(8-16)2-3-12(17)18/h6-7,11H,2-5,8H2,1H3. The zero-order valence-corrected chi connectivity index (χ0v) is 12.0. The van der Waals surface area contributed by atoms with Crippen molar-refractivity contribution in [1.82, 2.24) is 9.88 Å². The zero-order valence-electron chi connectivity index (χ0n) is 10.4. The third-order valence-electron chi connectivity index (χ3n) is 3.81. The van der Waals surface area contributed by atoms with Crippen LogP contribution in [0.1, 0.15) is 18.4 Å². The summed E-state index contributed by atoms with van der Waals surface area (Å²) in [4.78, 5) is 20.5. The van der Waals surface area contributed by atoms with E-state index in [-0.39, 0.29) is 0 Å². The van der Waals surface area contributed by atoms with E-state index in [4.69, 9.17) is 0 Å². The number of carbonyl (C=O) groups is 1. The first-order valence-electron chi connectivity index (χ1n) is 6.32. The SMILES string of the molecule is Cc1cc(Br)cnc1N1CCN2C(=O)CCC2C1. The largest absolute Gasteiger partial charge is 0.353 e. The number of carbonyl (C=O) groups excluding carboxylic acids is 1. The minimum absolute atomic E-state index is 0.320. The average molecular weight is 310 g/mol. The van der Waals surface area contributed by atoms with Gasteiger partial charge < -0.3 is 9.80 Å². The highest BCUT2D eigenvalue weighted by Gasteiger charge is 2.35. The zero-order chi connectivity index (χ0) is 12.7. The fourth-order valence-electron chi connectivity index (χ4n) is 2.92. The quantitative estimate of drug-likeness (QED) is 0.796. The molecule has 1 amide bonds. The van der Waals surface area contributed by atoms with Crippen LogP contribution in [0.25, 0.3) is 0 Å². The fourth-order valence-corrected chi connectivity index (χ4v) is 3.37. The molecule has 2 fully saturated rings. The second-order valence-electron chi connectivity index (χ2n) is 5.02. The molecule has 2 aliphatic rings. The van der Waals surface area contributed by atoms with Crippen LogP contribution in [0.3, 0.4) is 0 Å². The van der Waals surface area contributed by atoms with Crippen LogP contribution in [0.2, 0.25) is 0 Å². The predicted octanol–water partition coefficient (Wildman–Crippen LogP) is 1.96. The lowest BCUT2D eigenvalue weighted by Gasteiger charge is -2.38. The lowest BCUT2D eigenvalue weighted by atomic mass is 10.1. The first-order chi connectivity index (χ1) is 8.65. The number of aryl methyl sites for hydroxylation is 1. The Morgan fingerprint density at radius 3 is 3.06 bits per heavy atom. The van der Waals surface area contributed by atoms with Gasteiger partial charge in [-0.1, -0.05) is 0 Å². The van der Waals surface area contributed by atoms with Crippen LogP contribution in [0.15, 0.2) is 16.7 Å². The second-order valence-corrected chi connectivity index (χ2v) is 5.94. The number of hydrogen-bond acceptors (Lipinski definition) is 3. The Hall–Kier alpha value is -1.10. The van der Waals surface area contributed by atoms with Gasteiger partial charge in [-0.2, -0.15) is 0 Å². The molecule has 2 saturated heterocycles. The summed E-state index contributed by atoms with van der Waals surface area (Å²) in [6, 6.07) is 2.48. The summed E-state index contributed by atoms with van der Waals surface area (Å²) in [5, 5.41) is 0. The van der Waals surface area contributed by atoms with Crippen LogP contribution in [0.5, 0.6) is 0 Å². The Kier molecular flexibility index (Phi) is 3.01. The molecule has 0 saturated carbocycles. The molecule has 1 atom stereocenters. The number of rotatable bonds is 1. The number of fused-ring (bicyclic) bond motifs is 1.